The Balaban J connectivity index is 2.32. The van der Waals surface area contributed by atoms with E-state index >= 15 is 0 Å². The fraction of sp³-hybridized carbons (Fsp3) is 0.105. The number of phenolic OH excluding ortho intramolecular Hbond substituents is 1. The first-order chi connectivity index (χ1) is 12.4. The van der Waals surface area contributed by atoms with Crippen molar-refractivity contribution in [3.63, 3.8) is 0 Å². The Morgan fingerprint density at radius 3 is 2.19 bits per heavy atom. The van der Waals surface area contributed by atoms with Crippen LogP contribution in [0, 0.1) is 0 Å². The lowest BCUT2D eigenvalue weighted by atomic mass is 10.1. The van der Waals surface area contributed by atoms with E-state index in [-0.39, 0.29) is 22.5 Å². The fourth-order valence-corrected chi connectivity index (χ4v) is 2.48. The molecule has 0 fully saturated rings. The maximum Gasteiger partial charge on any atom is 0.308 e. The Kier molecular flexibility index (Phi) is 4.45. The summed E-state index contributed by atoms with van der Waals surface area (Å²) in [4.78, 5) is 35.4. The van der Waals surface area contributed by atoms with E-state index in [1.54, 1.807) is 24.3 Å². The highest BCUT2D eigenvalue weighted by Gasteiger charge is 2.23. The lowest BCUT2D eigenvalue weighted by molar-refractivity contribution is -0.134. The number of hydrogen-bond acceptors (Lipinski definition) is 7. The van der Waals surface area contributed by atoms with Gasteiger partial charge in [-0.05, 0) is 0 Å². The topological polar surface area (TPSA) is 103 Å². The summed E-state index contributed by atoms with van der Waals surface area (Å²) in [6, 6.07) is 11.3. The second-order valence-corrected chi connectivity index (χ2v) is 5.46. The molecule has 7 heteroatoms. The standard InChI is InChI=1S/C19H14O7/c1-10(20)24-18-14(23)9-16-17(19(18)25-11(2)21)13(22)8-15(26-16)12-6-4-3-5-7-12/h3-9,23H,1-2H3. The van der Waals surface area contributed by atoms with Gasteiger partial charge in [-0.3, -0.25) is 14.4 Å². The number of rotatable bonds is 3. The van der Waals surface area contributed by atoms with E-state index in [9.17, 15) is 19.5 Å². The quantitative estimate of drug-likeness (QED) is 0.569. The van der Waals surface area contributed by atoms with Crippen LogP contribution >= 0.6 is 0 Å². The Hall–Kier alpha value is -3.61. The first-order valence-electron chi connectivity index (χ1n) is 7.63. The molecule has 0 amide bonds. The molecule has 132 valence electrons. The maximum absolute atomic E-state index is 12.7. The lowest BCUT2D eigenvalue weighted by Gasteiger charge is -2.13. The van der Waals surface area contributed by atoms with E-state index in [2.05, 4.69) is 0 Å². The molecule has 0 aliphatic rings. The van der Waals surface area contributed by atoms with Crippen LogP contribution < -0.4 is 14.9 Å². The predicted octanol–water partition coefficient (Wildman–Crippen LogP) is 3.02. The van der Waals surface area contributed by atoms with Crippen LogP contribution in [0.5, 0.6) is 17.2 Å². The number of aromatic hydroxyl groups is 1. The zero-order valence-corrected chi connectivity index (χ0v) is 13.9. The summed E-state index contributed by atoms with van der Waals surface area (Å²) in [6.07, 6.45) is 0. The van der Waals surface area contributed by atoms with Crippen molar-refractivity contribution in [2.45, 2.75) is 13.8 Å². The van der Waals surface area contributed by atoms with Gasteiger partial charge in [0.25, 0.3) is 0 Å². The molecule has 1 aromatic heterocycles. The van der Waals surface area contributed by atoms with Crippen LogP contribution in [0.15, 0.2) is 51.7 Å². The van der Waals surface area contributed by atoms with Crippen molar-refractivity contribution in [1.29, 1.82) is 0 Å². The van der Waals surface area contributed by atoms with E-state index in [1.165, 1.54) is 6.07 Å². The lowest BCUT2D eigenvalue weighted by Crippen LogP contribution is -2.11. The molecule has 2 aromatic carbocycles. The molecule has 0 spiro atoms. The Morgan fingerprint density at radius 1 is 0.962 bits per heavy atom. The van der Waals surface area contributed by atoms with Gasteiger partial charge in [0.2, 0.25) is 5.75 Å². The van der Waals surface area contributed by atoms with Crippen molar-refractivity contribution in [1.82, 2.24) is 0 Å². The van der Waals surface area contributed by atoms with E-state index in [0.29, 0.717) is 5.56 Å². The minimum absolute atomic E-state index is 0.0130. The zero-order valence-electron chi connectivity index (χ0n) is 13.9. The smallest absolute Gasteiger partial charge is 0.308 e. The van der Waals surface area contributed by atoms with Gasteiger partial charge in [-0.15, -0.1) is 0 Å². The van der Waals surface area contributed by atoms with E-state index in [4.69, 9.17) is 13.9 Å². The van der Waals surface area contributed by atoms with Crippen LogP contribution in [0.25, 0.3) is 22.3 Å². The monoisotopic (exact) mass is 354 g/mol. The molecule has 3 aromatic rings. The fourth-order valence-electron chi connectivity index (χ4n) is 2.48. The van der Waals surface area contributed by atoms with Crippen molar-refractivity contribution in [2.75, 3.05) is 0 Å². The van der Waals surface area contributed by atoms with Gasteiger partial charge in [0.1, 0.15) is 16.7 Å². The molecule has 0 radical (unpaired) electrons. The van der Waals surface area contributed by atoms with Gasteiger partial charge < -0.3 is 19.0 Å². The molecule has 26 heavy (non-hydrogen) atoms. The Morgan fingerprint density at radius 2 is 1.58 bits per heavy atom. The van der Waals surface area contributed by atoms with Gasteiger partial charge in [-0.25, -0.2) is 0 Å². The van der Waals surface area contributed by atoms with Gasteiger partial charge >= 0.3 is 11.9 Å². The van der Waals surface area contributed by atoms with E-state index in [1.807, 2.05) is 6.07 Å². The largest absolute Gasteiger partial charge is 0.504 e. The zero-order chi connectivity index (χ0) is 18.8. The first kappa shape index (κ1) is 17.2. The minimum atomic E-state index is -0.753. The van der Waals surface area contributed by atoms with Crippen molar-refractivity contribution in [3.05, 3.63) is 52.7 Å². The molecular weight excluding hydrogens is 340 g/mol. The number of carbonyl (C=O) groups excluding carboxylic acids is 2. The Labute approximate surface area is 147 Å². The maximum atomic E-state index is 12.7. The number of ether oxygens (including phenoxy) is 2. The van der Waals surface area contributed by atoms with Crippen molar-refractivity contribution < 1.29 is 28.6 Å². The molecule has 0 aliphatic heterocycles. The third-order valence-electron chi connectivity index (χ3n) is 3.46. The summed E-state index contributed by atoms with van der Waals surface area (Å²) in [5.74, 6) is -2.51. The van der Waals surface area contributed by atoms with Crippen molar-refractivity contribution >= 4 is 22.9 Å². The van der Waals surface area contributed by atoms with Gasteiger partial charge in [0.05, 0.1) is 0 Å². The van der Waals surface area contributed by atoms with Gasteiger partial charge in [0, 0.05) is 31.5 Å². The summed E-state index contributed by atoms with van der Waals surface area (Å²) in [7, 11) is 0. The highest BCUT2D eigenvalue weighted by molar-refractivity contribution is 5.93. The van der Waals surface area contributed by atoms with E-state index in [0.717, 1.165) is 19.9 Å². The number of carbonyl (C=O) groups is 2. The summed E-state index contributed by atoms with van der Waals surface area (Å²) in [5.41, 5.74) is 0.125. The Bertz CT molecular complexity index is 1060. The highest BCUT2D eigenvalue weighted by Crippen LogP contribution is 2.42. The van der Waals surface area contributed by atoms with Crippen LogP contribution in [0.1, 0.15) is 13.8 Å². The molecule has 0 saturated carbocycles. The molecule has 1 N–H and O–H groups in total. The highest BCUT2D eigenvalue weighted by atomic mass is 16.6. The number of esters is 2. The van der Waals surface area contributed by atoms with Crippen LogP contribution in [0.2, 0.25) is 0 Å². The van der Waals surface area contributed by atoms with Crippen LogP contribution in [0.3, 0.4) is 0 Å². The summed E-state index contributed by atoms with van der Waals surface area (Å²) in [5, 5.41) is 10.1. The predicted molar refractivity (Wildman–Crippen MR) is 92.2 cm³/mol. The first-order valence-corrected chi connectivity index (χ1v) is 7.63. The molecule has 0 aliphatic carbocycles. The third-order valence-corrected chi connectivity index (χ3v) is 3.46. The van der Waals surface area contributed by atoms with Crippen LogP contribution in [0.4, 0.5) is 0 Å². The normalized spacial score (nSPS) is 10.5. The average molecular weight is 354 g/mol. The molecule has 7 nitrogen and oxygen atoms in total. The molecular formula is C19H14O7. The van der Waals surface area contributed by atoms with E-state index < -0.39 is 28.9 Å². The van der Waals surface area contributed by atoms with Crippen molar-refractivity contribution in [3.8, 4) is 28.6 Å². The number of hydrogen-bond donors (Lipinski definition) is 1. The number of fused-ring (bicyclic) bond motifs is 1. The summed E-state index contributed by atoms with van der Waals surface area (Å²) in [6.45, 7) is 2.23. The SMILES string of the molecule is CC(=O)Oc1c(O)cc2oc(-c3ccccc3)cc(=O)c2c1OC(C)=O. The number of phenols is 1. The number of benzene rings is 2. The van der Waals surface area contributed by atoms with Crippen molar-refractivity contribution in [2.24, 2.45) is 0 Å². The molecule has 0 unspecified atom stereocenters. The third kappa shape index (κ3) is 3.27. The second kappa shape index (κ2) is 6.72. The van der Waals surface area contributed by atoms with Gasteiger partial charge in [0.15, 0.2) is 16.9 Å². The molecule has 1 heterocycles. The molecule has 3 rings (SSSR count). The summed E-state index contributed by atoms with van der Waals surface area (Å²) >= 11 is 0. The molecule has 0 saturated heterocycles. The van der Waals surface area contributed by atoms with Gasteiger partial charge in [-0.2, -0.15) is 0 Å². The minimum Gasteiger partial charge on any atom is -0.504 e. The average Bonchev–Trinajstić information content (AvgIpc) is 2.57. The second-order valence-electron chi connectivity index (χ2n) is 5.46. The van der Waals surface area contributed by atoms with Gasteiger partial charge in [-0.1, -0.05) is 30.3 Å². The van der Waals surface area contributed by atoms with Crippen LogP contribution in [-0.2, 0) is 9.59 Å². The van der Waals surface area contributed by atoms with Crippen LogP contribution in [-0.4, -0.2) is 17.0 Å². The molecule has 0 atom stereocenters. The molecule has 0 bridgehead atoms. The summed E-state index contributed by atoms with van der Waals surface area (Å²) < 4.78 is 15.6.